The molecule has 0 fully saturated rings. The quantitative estimate of drug-likeness (QED) is 0.179. The third-order valence-corrected chi connectivity index (χ3v) is 9.31. The van der Waals surface area contributed by atoms with Crippen molar-refractivity contribution in [2.75, 3.05) is 0 Å². The van der Waals surface area contributed by atoms with Gasteiger partial charge in [-0.15, -0.1) is 0 Å². The first-order valence-corrected chi connectivity index (χ1v) is 16.6. The van der Waals surface area contributed by atoms with Gasteiger partial charge in [-0.3, -0.25) is 0 Å². The second-order valence-electron chi connectivity index (χ2n) is 11.6. The zero-order valence-electron chi connectivity index (χ0n) is 27.1. The summed E-state index contributed by atoms with van der Waals surface area (Å²) < 4.78 is 0. The molecule has 0 nitrogen and oxygen atoms in total. The van der Waals surface area contributed by atoms with Gasteiger partial charge in [-0.1, -0.05) is 147 Å². The Morgan fingerprint density at radius 2 is 1.33 bits per heavy atom. The lowest BCUT2D eigenvalue weighted by atomic mass is 9.86. The van der Waals surface area contributed by atoms with Crippen LogP contribution < -0.4 is 0 Å². The molecule has 0 N–H and O–H groups in total. The molecule has 2 bridgehead atoms. The van der Waals surface area contributed by atoms with Crippen molar-refractivity contribution in [1.82, 2.24) is 0 Å². The first-order chi connectivity index (χ1) is 21.7. The van der Waals surface area contributed by atoms with Crippen LogP contribution in [-0.2, 0) is 0 Å². The Balaban J connectivity index is 0.000000772. The molecule has 0 spiro atoms. The van der Waals surface area contributed by atoms with E-state index in [0.717, 1.165) is 12.8 Å². The summed E-state index contributed by atoms with van der Waals surface area (Å²) in [7, 11) is 0. The Kier molecular flexibility index (Phi) is 11.1. The van der Waals surface area contributed by atoms with E-state index < -0.39 is 0 Å². The summed E-state index contributed by atoms with van der Waals surface area (Å²) in [5.41, 5.74) is 16.7. The maximum Gasteiger partial charge on any atom is 0.00620 e. The van der Waals surface area contributed by atoms with Crippen molar-refractivity contribution < 1.29 is 0 Å². The van der Waals surface area contributed by atoms with Crippen molar-refractivity contribution in [2.24, 2.45) is 0 Å². The SMILES string of the molecule is C.C.C/C=C1/c2cc3cc4c(cc3cc2-c2cccc(C3C=CC=CC3)c21)/C1=C/C=C\C(C)c2ccccc2/C=C/4C1.CC.CC. The number of benzene rings is 4. The summed E-state index contributed by atoms with van der Waals surface area (Å²) >= 11 is 0. The number of allylic oxidation sites excluding steroid dienone is 10. The zero-order chi connectivity index (χ0) is 30.8. The maximum atomic E-state index is 2.46. The molecule has 0 radical (unpaired) electrons. The van der Waals surface area contributed by atoms with Gasteiger partial charge in [-0.2, -0.15) is 0 Å². The fraction of sp³-hybridized carbons (Fsp3) is 0.261. The highest BCUT2D eigenvalue weighted by atomic mass is 14.3. The largest absolute Gasteiger partial charge is 0.0836 e. The summed E-state index contributed by atoms with van der Waals surface area (Å²) in [6.07, 6.45) is 22.8. The van der Waals surface area contributed by atoms with Crippen LogP contribution in [0, 0.1) is 0 Å². The average molecular weight is 605 g/mol. The fourth-order valence-electron chi connectivity index (χ4n) is 7.34. The third-order valence-electron chi connectivity index (χ3n) is 9.31. The van der Waals surface area contributed by atoms with E-state index in [1.807, 2.05) is 27.7 Å². The van der Waals surface area contributed by atoms with Gasteiger partial charge < -0.3 is 0 Å². The molecule has 4 aromatic carbocycles. The Hall–Kier alpha value is -4.42. The van der Waals surface area contributed by atoms with Crippen molar-refractivity contribution in [2.45, 2.75) is 81.1 Å². The van der Waals surface area contributed by atoms with Crippen LogP contribution in [0.25, 0.3) is 44.7 Å². The molecule has 0 aliphatic heterocycles. The van der Waals surface area contributed by atoms with Crippen LogP contribution in [0.2, 0.25) is 0 Å². The summed E-state index contributed by atoms with van der Waals surface area (Å²) in [4.78, 5) is 0. The predicted octanol–water partition coefficient (Wildman–Crippen LogP) is 14.2. The van der Waals surface area contributed by atoms with Gasteiger partial charge in [0.15, 0.2) is 0 Å². The van der Waals surface area contributed by atoms with Gasteiger partial charge in [0.1, 0.15) is 0 Å². The predicted molar refractivity (Wildman–Crippen MR) is 208 cm³/mol. The fourth-order valence-corrected chi connectivity index (χ4v) is 7.34. The topological polar surface area (TPSA) is 0 Å². The van der Waals surface area contributed by atoms with E-state index in [2.05, 4.69) is 135 Å². The Morgan fingerprint density at radius 3 is 2.04 bits per heavy atom. The van der Waals surface area contributed by atoms with Crippen LogP contribution in [0.15, 0.2) is 115 Å². The van der Waals surface area contributed by atoms with Crippen LogP contribution in [0.4, 0.5) is 0 Å². The van der Waals surface area contributed by atoms with E-state index in [1.165, 1.54) is 77.6 Å². The smallest absolute Gasteiger partial charge is 0.00620 e. The molecule has 8 rings (SSSR count). The molecule has 0 heteroatoms. The van der Waals surface area contributed by atoms with Gasteiger partial charge in [0, 0.05) is 5.92 Å². The third kappa shape index (κ3) is 5.82. The van der Waals surface area contributed by atoms with E-state index in [0.29, 0.717) is 11.8 Å². The van der Waals surface area contributed by atoms with E-state index in [4.69, 9.17) is 0 Å². The highest BCUT2D eigenvalue weighted by Gasteiger charge is 2.29. The molecule has 0 amide bonds. The zero-order valence-corrected chi connectivity index (χ0v) is 27.1. The van der Waals surface area contributed by atoms with Crippen molar-refractivity contribution in [3.63, 3.8) is 0 Å². The lowest BCUT2D eigenvalue weighted by molar-refractivity contribution is 0.851. The number of fused-ring (bicyclic) bond motifs is 10. The lowest BCUT2D eigenvalue weighted by Gasteiger charge is -2.18. The van der Waals surface area contributed by atoms with E-state index in [9.17, 15) is 0 Å². The van der Waals surface area contributed by atoms with Crippen molar-refractivity contribution >= 4 is 33.6 Å². The average Bonchev–Trinajstić information content (AvgIpc) is 3.58. The molecular formula is C46H52. The minimum Gasteiger partial charge on any atom is -0.0836 e. The van der Waals surface area contributed by atoms with Crippen LogP contribution in [0.5, 0.6) is 0 Å². The number of hydrogen-bond acceptors (Lipinski definition) is 0. The molecule has 0 saturated heterocycles. The van der Waals surface area contributed by atoms with E-state index >= 15 is 0 Å². The minimum atomic E-state index is 0. The molecule has 0 heterocycles. The standard InChI is InChI=1S/C40H32.2C2H6.2CH4/c1-3-32-38-23-30-22-37-31-19-27-14-7-8-16-33(27)25(2)11-9-15-28(20-31)36(37)21-29(30)24-39(38)35-18-10-17-34(40(32)35)26-12-5-4-6-13-26;2*1-2;;/h3-12,14-19,21-26H,13,20H2,1-2H3;2*1-2H3;2*1H4/b11-9-,28-15+,31-19+,32-3-;;;;. The minimum absolute atomic E-state index is 0. The Labute approximate surface area is 279 Å². The first kappa shape index (κ1) is 34.5. The first-order valence-electron chi connectivity index (χ1n) is 16.6. The van der Waals surface area contributed by atoms with Crippen LogP contribution in [0.3, 0.4) is 0 Å². The summed E-state index contributed by atoms with van der Waals surface area (Å²) in [5.74, 6) is 0.817. The number of rotatable bonds is 1. The molecule has 4 aromatic rings. The number of hydrogen-bond donors (Lipinski definition) is 0. The Morgan fingerprint density at radius 1 is 0.652 bits per heavy atom. The second kappa shape index (κ2) is 14.8. The van der Waals surface area contributed by atoms with Crippen molar-refractivity contribution in [1.29, 1.82) is 0 Å². The van der Waals surface area contributed by atoms with Crippen LogP contribution >= 0.6 is 0 Å². The molecule has 2 unspecified atom stereocenters. The van der Waals surface area contributed by atoms with Crippen molar-refractivity contribution in [3.8, 4) is 11.1 Å². The van der Waals surface area contributed by atoms with Gasteiger partial charge >= 0.3 is 0 Å². The van der Waals surface area contributed by atoms with E-state index in [1.54, 1.807) is 0 Å². The Bertz CT molecular complexity index is 1910. The maximum absolute atomic E-state index is 2.46. The molecule has 4 aliphatic carbocycles. The van der Waals surface area contributed by atoms with E-state index in [-0.39, 0.29) is 14.9 Å². The molecule has 0 saturated carbocycles. The molecular weight excluding hydrogens is 553 g/mol. The monoisotopic (exact) mass is 604 g/mol. The molecule has 2 atom stereocenters. The van der Waals surface area contributed by atoms with Gasteiger partial charge in [-0.25, -0.2) is 0 Å². The van der Waals surface area contributed by atoms with Gasteiger partial charge in [0.2, 0.25) is 0 Å². The van der Waals surface area contributed by atoms with Crippen LogP contribution in [0.1, 0.15) is 120 Å². The van der Waals surface area contributed by atoms with Gasteiger partial charge in [0.25, 0.3) is 0 Å². The van der Waals surface area contributed by atoms with Gasteiger partial charge in [0.05, 0.1) is 0 Å². The summed E-state index contributed by atoms with van der Waals surface area (Å²) in [6, 6.07) is 25.6. The molecule has 46 heavy (non-hydrogen) atoms. The highest BCUT2D eigenvalue weighted by Crippen LogP contribution is 2.51. The molecule has 236 valence electrons. The van der Waals surface area contributed by atoms with Gasteiger partial charge in [-0.05, 0) is 128 Å². The molecule has 4 aliphatic rings. The van der Waals surface area contributed by atoms with Crippen LogP contribution in [-0.4, -0.2) is 0 Å². The normalized spacial score (nSPS) is 21.6. The summed E-state index contributed by atoms with van der Waals surface area (Å²) in [5, 5.41) is 2.65. The summed E-state index contributed by atoms with van der Waals surface area (Å²) in [6.45, 7) is 12.5. The lowest BCUT2D eigenvalue weighted by Crippen LogP contribution is -2.00. The van der Waals surface area contributed by atoms with Crippen molar-refractivity contribution in [3.05, 3.63) is 154 Å². The highest BCUT2D eigenvalue weighted by molar-refractivity contribution is 6.09. The molecule has 0 aromatic heterocycles. The second-order valence-corrected chi connectivity index (χ2v) is 11.6.